The van der Waals surface area contributed by atoms with Crippen molar-refractivity contribution in [3.05, 3.63) is 34.9 Å². The van der Waals surface area contributed by atoms with E-state index < -0.39 is 0 Å². The Balaban J connectivity index is 1.65. The topological polar surface area (TPSA) is 61.4 Å². The van der Waals surface area contributed by atoms with E-state index in [1.165, 1.54) is 0 Å². The number of hydrogen-bond donors (Lipinski definition) is 2. The number of amides is 3. The van der Waals surface area contributed by atoms with Crippen molar-refractivity contribution in [3.8, 4) is 0 Å². The highest BCUT2D eigenvalue weighted by molar-refractivity contribution is 6.30. The van der Waals surface area contributed by atoms with Gasteiger partial charge in [0.15, 0.2) is 0 Å². The molecule has 2 N–H and O–H groups in total. The van der Waals surface area contributed by atoms with Crippen molar-refractivity contribution in [2.75, 3.05) is 19.6 Å². The molecule has 23 heavy (non-hydrogen) atoms. The number of rotatable bonds is 5. The maximum atomic E-state index is 12.4. The monoisotopic (exact) mass is 335 g/mol. The molecule has 1 saturated heterocycles. The second-order valence-corrected chi connectivity index (χ2v) is 6.92. The van der Waals surface area contributed by atoms with Gasteiger partial charge < -0.3 is 15.5 Å². The SMILES string of the molecule is C[C@@H]1C[C@H]1[C@@H](NC(=O)CN1CCCNC1=O)c1ccc(Cl)cc1. The smallest absolute Gasteiger partial charge is 0.317 e. The third kappa shape index (κ3) is 3.96. The molecule has 124 valence electrons. The standard InChI is InChI=1S/C17H22ClN3O2/c1-11-9-14(11)16(12-3-5-13(18)6-4-12)20-15(22)10-21-8-2-7-19-17(21)23/h3-6,11,14,16H,2,7-10H2,1H3,(H,19,23)(H,20,22)/t11-,14-,16+/m1/s1. The van der Waals surface area contributed by atoms with Crippen molar-refractivity contribution in [1.82, 2.24) is 15.5 Å². The maximum Gasteiger partial charge on any atom is 0.317 e. The Morgan fingerprint density at radius 2 is 2.13 bits per heavy atom. The second-order valence-electron chi connectivity index (χ2n) is 6.48. The molecule has 1 saturated carbocycles. The van der Waals surface area contributed by atoms with Crippen LogP contribution in [-0.4, -0.2) is 36.5 Å². The number of hydrogen-bond acceptors (Lipinski definition) is 2. The zero-order valence-electron chi connectivity index (χ0n) is 13.2. The number of benzene rings is 1. The summed E-state index contributed by atoms with van der Waals surface area (Å²) in [7, 11) is 0. The quantitative estimate of drug-likeness (QED) is 0.868. The first-order chi connectivity index (χ1) is 11.0. The van der Waals surface area contributed by atoms with E-state index in [0.29, 0.717) is 29.9 Å². The maximum absolute atomic E-state index is 12.4. The lowest BCUT2D eigenvalue weighted by Gasteiger charge is -2.28. The summed E-state index contributed by atoms with van der Waals surface area (Å²) in [5.74, 6) is 0.950. The van der Waals surface area contributed by atoms with Gasteiger partial charge in [0.1, 0.15) is 6.54 Å². The van der Waals surface area contributed by atoms with Gasteiger partial charge in [0.25, 0.3) is 0 Å². The molecule has 6 heteroatoms. The highest BCUT2D eigenvalue weighted by atomic mass is 35.5. The molecule has 0 radical (unpaired) electrons. The molecule has 3 rings (SSSR count). The van der Waals surface area contributed by atoms with Gasteiger partial charge in [-0.1, -0.05) is 30.7 Å². The lowest BCUT2D eigenvalue weighted by Crippen LogP contribution is -2.50. The van der Waals surface area contributed by atoms with Crippen LogP contribution in [0.15, 0.2) is 24.3 Å². The minimum Gasteiger partial charge on any atom is -0.347 e. The van der Waals surface area contributed by atoms with Crippen molar-refractivity contribution in [1.29, 1.82) is 0 Å². The van der Waals surface area contributed by atoms with Gasteiger partial charge in [0.2, 0.25) is 5.91 Å². The third-order valence-electron chi connectivity index (χ3n) is 4.65. The van der Waals surface area contributed by atoms with E-state index in [9.17, 15) is 9.59 Å². The predicted molar refractivity (Wildman–Crippen MR) is 89.2 cm³/mol. The van der Waals surface area contributed by atoms with Gasteiger partial charge in [-0.05, 0) is 42.4 Å². The molecular formula is C17H22ClN3O2. The molecule has 1 aromatic carbocycles. The number of halogens is 1. The molecular weight excluding hydrogens is 314 g/mol. The number of nitrogens with zero attached hydrogens (tertiary/aromatic N) is 1. The molecule has 2 fully saturated rings. The molecule has 1 aliphatic carbocycles. The summed E-state index contributed by atoms with van der Waals surface area (Å²) in [6.07, 6.45) is 1.98. The van der Waals surface area contributed by atoms with Crippen molar-refractivity contribution in [3.63, 3.8) is 0 Å². The van der Waals surface area contributed by atoms with Crippen LogP contribution in [0.5, 0.6) is 0 Å². The average Bonchev–Trinajstić information content (AvgIpc) is 3.25. The molecule has 0 unspecified atom stereocenters. The van der Waals surface area contributed by atoms with Gasteiger partial charge >= 0.3 is 6.03 Å². The molecule has 0 aromatic heterocycles. The summed E-state index contributed by atoms with van der Waals surface area (Å²) in [4.78, 5) is 25.7. The van der Waals surface area contributed by atoms with Crippen LogP contribution in [-0.2, 0) is 4.79 Å². The molecule has 1 aliphatic heterocycles. The zero-order chi connectivity index (χ0) is 16.4. The molecule has 2 aliphatic rings. The average molecular weight is 336 g/mol. The van der Waals surface area contributed by atoms with Crippen LogP contribution < -0.4 is 10.6 Å². The highest BCUT2D eigenvalue weighted by Crippen LogP contribution is 2.47. The van der Waals surface area contributed by atoms with Crippen molar-refractivity contribution < 1.29 is 9.59 Å². The number of urea groups is 1. The first-order valence-corrected chi connectivity index (χ1v) is 8.50. The fraction of sp³-hybridized carbons (Fsp3) is 0.529. The second kappa shape index (κ2) is 6.79. The Hall–Kier alpha value is -1.75. The Bertz CT molecular complexity index is 590. The van der Waals surface area contributed by atoms with Crippen molar-refractivity contribution >= 4 is 23.5 Å². The van der Waals surface area contributed by atoms with E-state index in [4.69, 9.17) is 11.6 Å². The van der Waals surface area contributed by atoms with Gasteiger partial charge in [0, 0.05) is 18.1 Å². The van der Waals surface area contributed by atoms with E-state index in [1.807, 2.05) is 24.3 Å². The van der Waals surface area contributed by atoms with E-state index in [0.717, 1.165) is 18.4 Å². The predicted octanol–water partition coefficient (Wildman–Crippen LogP) is 2.57. The molecule has 0 spiro atoms. The Morgan fingerprint density at radius 3 is 2.74 bits per heavy atom. The number of carbonyl (C=O) groups excluding carboxylic acids is 2. The number of nitrogens with one attached hydrogen (secondary N) is 2. The van der Waals surface area contributed by atoms with Crippen LogP contribution in [0.25, 0.3) is 0 Å². The largest absolute Gasteiger partial charge is 0.347 e. The van der Waals surface area contributed by atoms with E-state index in [2.05, 4.69) is 17.6 Å². The molecule has 1 heterocycles. The molecule has 0 bridgehead atoms. The normalized spacial score (nSPS) is 24.8. The van der Waals surface area contributed by atoms with Crippen LogP contribution in [0.2, 0.25) is 5.02 Å². The van der Waals surface area contributed by atoms with E-state index in [-0.39, 0.29) is 24.5 Å². The highest BCUT2D eigenvalue weighted by Gasteiger charge is 2.41. The molecule has 3 atom stereocenters. The molecule has 1 aromatic rings. The number of carbonyl (C=O) groups is 2. The summed E-state index contributed by atoms with van der Waals surface area (Å²) in [5.41, 5.74) is 1.07. The first kappa shape index (κ1) is 16.1. The summed E-state index contributed by atoms with van der Waals surface area (Å²) in [6, 6.07) is 7.46. The van der Waals surface area contributed by atoms with Crippen molar-refractivity contribution in [2.24, 2.45) is 11.8 Å². The van der Waals surface area contributed by atoms with Gasteiger partial charge in [-0.25, -0.2) is 4.79 Å². The fourth-order valence-electron chi connectivity index (χ4n) is 3.14. The van der Waals surface area contributed by atoms with Crippen LogP contribution in [0.1, 0.15) is 31.4 Å². The van der Waals surface area contributed by atoms with Gasteiger partial charge in [-0.2, -0.15) is 0 Å². The molecule has 3 amide bonds. The lowest BCUT2D eigenvalue weighted by atomic mass is 10.0. The summed E-state index contributed by atoms with van der Waals surface area (Å²) < 4.78 is 0. The van der Waals surface area contributed by atoms with E-state index >= 15 is 0 Å². The summed E-state index contributed by atoms with van der Waals surface area (Å²) in [6.45, 7) is 3.61. The third-order valence-corrected chi connectivity index (χ3v) is 4.90. The molecule has 5 nitrogen and oxygen atoms in total. The zero-order valence-corrected chi connectivity index (χ0v) is 14.0. The lowest BCUT2D eigenvalue weighted by molar-refractivity contribution is -0.122. The Morgan fingerprint density at radius 1 is 1.43 bits per heavy atom. The van der Waals surface area contributed by atoms with Crippen LogP contribution in [0, 0.1) is 11.8 Å². The minimum absolute atomic E-state index is 0.0115. The van der Waals surface area contributed by atoms with Crippen molar-refractivity contribution in [2.45, 2.75) is 25.8 Å². The Kier molecular flexibility index (Phi) is 4.76. The van der Waals surface area contributed by atoms with Gasteiger partial charge in [0.05, 0.1) is 6.04 Å². The summed E-state index contributed by atoms with van der Waals surface area (Å²) in [5, 5.41) is 6.56. The summed E-state index contributed by atoms with van der Waals surface area (Å²) >= 11 is 5.95. The Labute approximate surface area is 141 Å². The van der Waals surface area contributed by atoms with Crippen LogP contribution >= 0.6 is 11.6 Å². The first-order valence-electron chi connectivity index (χ1n) is 8.12. The van der Waals surface area contributed by atoms with E-state index in [1.54, 1.807) is 4.90 Å². The van der Waals surface area contributed by atoms with Crippen LogP contribution in [0.4, 0.5) is 4.79 Å². The van der Waals surface area contributed by atoms with Gasteiger partial charge in [-0.3, -0.25) is 4.79 Å². The van der Waals surface area contributed by atoms with Gasteiger partial charge in [-0.15, -0.1) is 0 Å². The fourth-order valence-corrected chi connectivity index (χ4v) is 3.27. The van der Waals surface area contributed by atoms with Crippen LogP contribution in [0.3, 0.4) is 0 Å². The minimum atomic E-state index is -0.158.